The molecule has 4 heteroatoms. The Kier molecular flexibility index (Phi) is 4.95. The fourth-order valence-corrected chi connectivity index (χ4v) is 1.56. The molecular weight excluding hydrogens is 204 g/mol. The summed E-state index contributed by atoms with van der Waals surface area (Å²) in [5.41, 5.74) is 7.28. The molecule has 88 valence electrons. The topological polar surface area (TPSA) is 64.3 Å². The predicted octanol–water partition coefficient (Wildman–Crippen LogP) is 0.969. The second kappa shape index (κ2) is 6.25. The van der Waals surface area contributed by atoms with E-state index >= 15 is 0 Å². The molecule has 1 atom stereocenters. The highest BCUT2D eigenvalue weighted by Gasteiger charge is 2.15. The lowest BCUT2D eigenvalue weighted by Gasteiger charge is -2.14. The zero-order chi connectivity index (χ0) is 12.0. The van der Waals surface area contributed by atoms with Gasteiger partial charge in [0.1, 0.15) is 6.04 Å². The first-order chi connectivity index (χ1) is 7.69. The number of nitrogens with one attached hydrogen (secondary N) is 1. The molecule has 0 aliphatic rings. The van der Waals surface area contributed by atoms with Gasteiger partial charge in [-0.3, -0.25) is 4.79 Å². The lowest BCUT2D eigenvalue weighted by Crippen LogP contribution is -2.33. The molecule has 0 aliphatic carbocycles. The minimum absolute atomic E-state index is 0.360. The molecule has 0 bridgehead atoms. The van der Waals surface area contributed by atoms with E-state index in [1.54, 1.807) is 7.11 Å². The van der Waals surface area contributed by atoms with Crippen LogP contribution in [0.15, 0.2) is 24.3 Å². The first kappa shape index (κ1) is 12.7. The molecule has 0 heterocycles. The number of benzene rings is 1. The first-order valence-electron chi connectivity index (χ1n) is 5.29. The molecule has 0 radical (unpaired) electrons. The molecule has 0 saturated carbocycles. The predicted molar refractivity (Wildman–Crippen MR) is 62.8 cm³/mol. The van der Waals surface area contributed by atoms with E-state index in [1.807, 2.05) is 31.2 Å². The highest BCUT2D eigenvalue weighted by molar-refractivity contribution is 5.81. The lowest BCUT2D eigenvalue weighted by molar-refractivity contribution is -0.120. The molecule has 1 unspecified atom stereocenters. The summed E-state index contributed by atoms with van der Waals surface area (Å²) in [4.78, 5) is 11.2. The summed E-state index contributed by atoms with van der Waals surface area (Å²) in [5, 5.41) is 3.04. The fourth-order valence-electron chi connectivity index (χ4n) is 1.56. The monoisotopic (exact) mass is 222 g/mol. The first-order valence-corrected chi connectivity index (χ1v) is 5.29. The number of hydrogen-bond acceptors (Lipinski definition) is 3. The van der Waals surface area contributed by atoms with Crippen LogP contribution in [0.2, 0.25) is 0 Å². The Morgan fingerprint density at radius 3 is 2.50 bits per heavy atom. The number of carbonyl (C=O) groups excluding carboxylic acids is 1. The van der Waals surface area contributed by atoms with Gasteiger partial charge in [-0.2, -0.15) is 0 Å². The standard InChI is InChI=1S/C12H18N2O2/c1-3-14-11(12(13)15)10-6-4-9(5-7-10)8-16-2/h4-7,11,14H,3,8H2,1-2H3,(H2,13,15). The Labute approximate surface area is 95.8 Å². The molecule has 16 heavy (non-hydrogen) atoms. The van der Waals surface area contributed by atoms with Crippen molar-refractivity contribution in [2.75, 3.05) is 13.7 Å². The van der Waals surface area contributed by atoms with E-state index in [2.05, 4.69) is 5.32 Å². The number of amides is 1. The van der Waals surface area contributed by atoms with Gasteiger partial charge in [0.25, 0.3) is 0 Å². The fraction of sp³-hybridized carbons (Fsp3) is 0.417. The van der Waals surface area contributed by atoms with Gasteiger partial charge >= 0.3 is 0 Å². The number of ether oxygens (including phenoxy) is 1. The summed E-state index contributed by atoms with van der Waals surface area (Å²) >= 11 is 0. The molecule has 1 rings (SSSR count). The number of carbonyl (C=O) groups is 1. The normalized spacial score (nSPS) is 12.4. The number of rotatable bonds is 6. The number of primary amides is 1. The molecule has 1 amide bonds. The summed E-state index contributed by atoms with van der Waals surface area (Å²) < 4.78 is 5.02. The molecule has 3 N–H and O–H groups in total. The van der Waals surface area contributed by atoms with E-state index in [0.29, 0.717) is 13.2 Å². The Balaban J connectivity index is 2.81. The highest BCUT2D eigenvalue weighted by Crippen LogP contribution is 2.14. The van der Waals surface area contributed by atoms with Crippen molar-refractivity contribution in [1.29, 1.82) is 0 Å². The average molecular weight is 222 g/mol. The third-order valence-corrected chi connectivity index (χ3v) is 2.32. The van der Waals surface area contributed by atoms with E-state index in [9.17, 15) is 4.79 Å². The van der Waals surface area contributed by atoms with Crippen LogP contribution in [0.25, 0.3) is 0 Å². The minimum Gasteiger partial charge on any atom is -0.380 e. The summed E-state index contributed by atoms with van der Waals surface area (Å²) in [5.74, 6) is -0.360. The number of methoxy groups -OCH3 is 1. The van der Waals surface area contributed by atoms with Gasteiger partial charge in [-0.25, -0.2) is 0 Å². The minimum atomic E-state index is -0.415. The van der Waals surface area contributed by atoms with Crippen molar-refractivity contribution in [3.63, 3.8) is 0 Å². The van der Waals surface area contributed by atoms with Gasteiger partial charge in [-0.1, -0.05) is 31.2 Å². The Bertz CT molecular complexity index is 335. The molecule has 0 saturated heterocycles. The van der Waals surface area contributed by atoms with Crippen LogP contribution in [0.5, 0.6) is 0 Å². The van der Waals surface area contributed by atoms with Crippen molar-refractivity contribution in [3.05, 3.63) is 35.4 Å². The SMILES string of the molecule is CCNC(C(N)=O)c1ccc(COC)cc1. The van der Waals surface area contributed by atoms with Crippen molar-refractivity contribution in [2.24, 2.45) is 5.73 Å². The summed E-state index contributed by atoms with van der Waals surface area (Å²) in [6, 6.07) is 7.25. The third kappa shape index (κ3) is 3.32. The maximum Gasteiger partial charge on any atom is 0.239 e. The smallest absolute Gasteiger partial charge is 0.239 e. The zero-order valence-corrected chi connectivity index (χ0v) is 9.69. The molecule has 0 aromatic heterocycles. The number of nitrogens with two attached hydrogens (primary N) is 1. The Morgan fingerprint density at radius 1 is 1.44 bits per heavy atom. The van der Waals surface area contributed by atoms with Gasteiger partial charge in [0.15, 0.2) is 0 Å². The lowest BCUT2D eigenvalue weighted by atomic mass is 10.0. The van der Waals surface area contributed by atoms with E-state index in [0.717, 1.165) is 11.1 Å². The van der Waals surface area contributed by atoms with Gasteiger partial charge in [0.2, 0.25) is 5.91 Å². The van der Waals surface area contributed by atoms with Crippen LogP contribution in [0.3, 0.4) is 0 Å². The maximum atomic E-state index is 11.2. The van der Waals surface area contributed by atoms with Crippen molar-refractivity contribution in [1.82, 2.24) is 5.32 Å². The van der Waals surface area contributed by atoms with Crippen LogP contribution in [0.1, 0.15) is 24.1 Å². The van der Waals surface area contributed by atoms with Crippen LogP contribution in [0, 0.1) is 0 Å². The van der Waals surface area contributed by atoms with Gasteiger partial charge in [-0.15, -0.1) is 0 Å². The van der Waals surface area contributed by atoms with Gasteiger partial charge in [0, 0.05) is 7.11 Å². The summed E-state index contributed by atoms with van der Waals surface area (Å²) in [6.45, 7) is 3.21. The molecule has 1 aromatic rings. The second-order valence-electron chi connectivity index (χ2n) is 3.57. The zero-order valence-electron chi connectivity index (χ0n) is 9.69. The maximum absolute atomic E-state index is 11.2. The number of hydrogen-bond donors (Lipinski definition) is 2. The molecule has 4 nitrogen and oxygen atoms in total. The van der Waals surface area contributed by atoms with Crippen LogP contribution < -0.4 is 11.1 Å². The van der Waals surface area contributed by atoms with Crippen molar-refractivity contribution in [3.8, 4) is 0 Å². The van der Waals surface area contributed by atoms with Gasteiger partial charge in [-0.05, 0) is 17.7 Å². The quantitative estimate of drug-likeness (QED) is 0.753. The van der Waals surface area contributed by atoms with E-state index in [1.165, 1.54) is 0 Å². The molecule has 0 fully saturated rings. The molecule has 0 aliphatic heterocycles. The highest BCUT2D eigenvalue weighted by atomic mass is 16.5. The van der Waals surface area contributed by atoms with E-state index < -0.39 is 6.04 Å². The third-order valence-electron chi connectivity index (χ3n) is 2.32. The molecular formula is C12H18N2O2. The van der Waals surface area contributed by atoms with Crippen LogP contribution in [0.4, 0.5) is 0 Å². The van der Waals surface area contributed by atoms with Crippen LogP contribution in [-0.4, -0.2) is 19.6 Å². The van der Waals surface area contributed by atoms with Crippen molar-refractivity contribution < 1.29 is 9.53 Å². The Morgan fingerprint density at radius 2 is 2.06 bits per heavy atom. The largest absolute Gasteiger partial charge is 0.380 e. The molecule has 0 spiro atoms. The molecule has 1 aromatic carbocycles. The van der Waals surface area contributed by atoms with Crippen molar-refractivity contribution in [2.45, 2.75) is 19.6 Å². The van der Waals surface area contributed by atoms with Gasteiger partial charge < -0.3 is 15.8 Å². The second-order valence-corrected chi connectivity index (χ2v) is 3.57. The van der Waals surface area contributed by atoms with Crippen molar-refractivity contribution >= 4 is 5.91 Å². The van der Waals surface area contributed by atoms with Gasteiger partial charge in [0.05, 0.1) is 6.61 Å². The van der Waals surface area contributed by atoms with Crippen LogP contribution >= 0.6 is 0 Å². The van der Waals surface area contributed by atoms with E-state index in [4.69, 9.17) is 10.5 Å². The number of likely N-dealkylation sites (N-methyl/N-ethyl adjacent to an activating group) is 1. The Hall–Kier alpha value is -1.39. The average Bonchev–Trinajstić information content (AvgIpc) is 2.27. The van der Waals surface area contributed by atoms with Crippen LogP contribution in [-0.2, 0) is 16.1 Å². The summed E-state index contributed by atoms with van der Waals surface area (Å²) in [7, 11) is 1.65. The summed E-state index contributed by atoms with van der Waals surface area (Å²) in [6.07, 6.45) is 0. The van der Waals surface area contributed by atoms with E-state index in [-0.39, 0.29) is 5.91 Å².